The third-order valence-corrected chi connectivity index (χ3v) is 8.41. The Labute approximate surface area is 216 Å². The van der Waals surface area contributed by atoms with Gasteiger partial charge in [-0.15, -0.1) is 0 Å². The summed E-state index contributed by atoms with van der Waals surface area (Å²) in [4.78, 5) is 29.7. The van der Waals surface area contributed by atoms with Crippen molar-refractivity contribution in [3.05, 3.63) is 0 Å². The van der Waals surface area contributed by atoms with E-state index in [2.05, 4.69) is 11.9 Å². The summed E-state index contributed by atoms with van der Waals surface area (Å²) in [5, 5.41) is 0. The zero-order valence-corrected chi connectivity index (χ0v) is 22.8. The third kappa shape index (κ3) is 8.89. The predicted octanol–water partition coefficient (Wildman–Crippen LogP) is 6.52. The Morgan fingerprint density at radius 2 is 1.76 bits per heavy atom. The van der Waals surface area contributed by atoms with Crippen LogP contribution >= 0.6 is 23.2 Å². The Morgan fingerprint density at radius 1 is 1.18 bits per heavy atom. The number of carbonyl (C=O) groups is 2. The number of rotatable bonds is 17. The van der Waals surface area contributed by atoms with Crippen LogP contribution in [0.2, 0.25) is 0 Å². The molecule has 2 rings (SSSR count). The second-order valence-corrected chi connectivity index (χ2v) is 11.2. The summed E-state index contributed by atoms with van der Waals surface area (Å²) >= 11 is 13.1. The molecule has 5 atom stereocenters. The van der Waals surface area contributed by atoms with E-state index in [4.69, 9.17) is 32.7 Å². The fourth-order valence-corrected chi connectivity index (χ4v) is 5.54. The van der Waals surface area contributed by atoms with Gasteiger partial charge in [-0.3, -0.25) is 14.6 Å². The van der Waals surface area contributed by atoms with E-state index in [1.165, 1.54) is 57.8 Å². The fraction of sp³-hybridized carbons (Fsp3) is 0.885. The van der Waals surface area contributed by atoms with Gasteiger partial charge in [-0.1, -0.05) is 101 Å². The number of likely N-dealkylation sites (N-methyl/N-ethyl adjacent to an activating group) is 1. The minimum atomic E-state index is -0.885. The zero-order valence-electron chi connectivity index (χ0n) is 21.3. The lowest BCUT2D eigenvalue weighted by atomic mass is 9.81. The second kappa shape index (κ2) is 15.2. The van der Waals surface area contributed by atoms with Crippen molar-refractivity contribution in [3.8, 4) is 0 Å². The molecule has 0 amide bonds. The van der Waals surface area contributed by atoms with E-state index >= 15 is 0 Å². The van der Waals surface area contributed by atoms with Crippen molar-refractivity contribution < 1.29 is 19.1 Å². The summed E-state index contributed by atoms with van der Waals surface area (Å²) in [7, 11) is 1.82. The van der Waals surface area contributed by atoms with Gasteiger partial charge >= 0.3 is 11.9 Å². The number of cyclic esters (lactones) is 1. The molecule has 0 aromatic rings. The summed E-state index contributed by atoms with van der Waals surface area (Å²) in [6.07, 6.45) is 16.2. The Kier molecular flexibility index (Phi) is 13.0. The van der Waals surface area contributed by atoms with E-state index < -0.39 is 10.5 Å². The van der Waals surface area contributed by atoms with E-state index in [1.54, 1.807) is 11.2 Å². The maximum Gasteiger partial charge on any atom is 0.309 e. The molecule has 3 unspecified atom stereocenters. The van der Waals surface area contributed by atoms with Crippen LogP contribution in [0, 0.1) is 17.8 Å². The van der Waals surface area contributed by atoms with Crippen LogP contribution in [0.4, 0.5) is 0 Å². The van der Waals surface area contributed by atoms with E-state index in [-0.39, 0.29) is 36.3 Å². The molecule has 1 fully saturated rings. The van der Waals surface area contributed by atoms with Gasteiger partial charge in [0.25, 0.3) is 0 Å². The Hall–Kier alpha value is -1.01. The van der Waals surface area contributed by atoms with E-state index in [9.17, 15) is 9.59 Å². The summed E-state index contributed by atoms with van der Waals surface area (Å²) in [6, 6.07) is 0. The Bertz CT molecular complexity index is 649. The van der Waals surface area contributed by atoms with Crippen molar-refractivity contribution in [2.24, 2.45) is 22.7 Å². The summed E-state index contributed by atoms with van der Waals surface area (Å²) in [6.45, 7) is 4.68. The number of esters is 2. The maximum atomic E-state index is 12.4. The molecule has 2 aliphatic heterocycles. The van der Waals surface area contributed by atoms with Crippen LogP contribution in [0.1, 0.15) is 97.3 Å². The first-order chi connectivity index (χ1) is 16.3. The summed E-state index contributed by atoms with van der Waals surface area (Å²) in [5.41, 5.74) is -0.588. The molecule has 34 heavy (non-hydrogen) atoms. The van der Waals surface area contributed by atoms with Crippen LogP contribution in [0.15, 0.2) is 4.99 Å². The van der Waals surface area contributed by atoms with E-state index in [0.29, 0.717) is 19.4 Å². The second-order valence-electron chi connectivity index (χ2n) is 10.1. The highest BCUT2D eigenvalue weighted by Gasteiger charge is 2.50. The molecule has 0 aromatic carbocycles. The molecular weight excluding hydrogens is 475 g/mol. The van der Waals surface area contributed by atoms with Gasteiger partial charge in [0.15, 0.2) is 10.5 Å². The molecule has 0 radical (unpaired) electrons. The van der Waals surface area contributed by atoms with Gasteiger partial charge in [0, 0.05) is 25.3 Å². The van der Waals surface area contributed by atoms with Crippen molar-refractivity contribution in [2.45, 2.75) is 108 Å². The molecule has 2 aliphatic rings. The highest BCUT2D eigenvalue weighted by molar-refractivity contribution is 6.33. The average molecular weight is 520 g/mol. The number of unbranched alkanes of at least 4 members (excludes halogenated alkanes) is 10. The molecule has 8 heteroatoms. The molecule has 0 aromatic heterocycles. The van der Waals surface area contributed by atoms with Crippen molar-refractivity contribution >= 4 is 41.5 Å². The highest BCUT2D eigenvalue weighted by atomic mass is 35.5. The standard InChI is InChI=1S/C26H44Cl2N2O4/c1-4-5-6-7-8-9-10-11-12-13-14-15-22(31)33-17-20(2)23-21(18-34-24(23)32)16-26(28)25(27)29-19-30(26)3/h19-21,23,25H,4-18H2,1-3H3/t20?,21-,23-,25?,26?/m0/s1. The van der Waals surface area contributed by atoms with Crippen molar-refractivity contribution in [3.63, 3.8) is 0 Å². The molecule has 0 N–H and O–H groups in total. The monoisotopic (exact) mass is 518 g/mol. The smallest absolute Gasteiger partial charge is 0.309 e. The molecular formula is C26H44Cl2N2O4. The van der Waals surface area contributed by atoms with Crippen LogP contribution in [0.5, 0.6) is 0 Å². The summed E-state index contributed by atoms with van der Waals surface area (Å²) < 4.78 is 10.8. The highest BCUT2D eigenvalue weighted by Crippen LogP contribution is 2.43. The lowest BCUT2D eigenvalue weighted by Gasteiger charge is -2.35. The lowest BCUT2D eigenvalue weighted by molar-refractivity contribution is -0.149. The zero-order chi connectivity index (χ0) is 25.0. The largest absolute Gasteiger partial charge is 0.465 e. The third-order valence-electron chi connectivity index (χ3n) is 7.19. The van der Waals surface area contributed by atoms with Crippen molar-refractivity contribution in [2.75, 3.05) is 20.3 Å². The Balaban J connectivity index is 1.60. The van der Waals surface area contributed by atoms with Crippen LogP contribution in [0.3, 0.4) is 0 Å². The van der Waals surface area contributed by atoms with Gasteiger partial charge in [0.2, 0.25) is 0 Å². The predicted molar refractivity (Wildman–Crippen MR) is 138 cm³/mol. The normalized spacial score (nSPS) is 27.3. The molecule has 0 aliphatic carbocycles. The van der Waals surface area contributed by atoms with Crippen LogP contribution in [0.25, 0.3) is 0 Å². The molecule has 1 saturated heterocycles. The number of ether oxygens (including phenoxy) is 2. The molecule has 196 valence electrons. The minimum absolute atomic E-state index is 0.101. The van der Waals surface area contributed by atoms with Gasteiger partial charge in [-0.25, -0.2) is 0 Å². The SMILES string of the molecule is CCCCCCCCCCCCCC(=O)OCC(C)[C@@H]1C(=O)OC[C@@H]1CC1(Cl)C(Cl)N=CN1C. The first kappa shape index (κ1) is 29.2. The number of hydrogen-bond donors (Lipinski definition) is 0. The topological polar surface area (TPSA) is 68.2 Å². The number of aliphatic imine (C=N–C) groups is 1. The number of alkyl halides is 2. The van der Waals surface area contributed by atoms with Gasteiger partial charge in [0.05, 0.1) is 25.5 Å². The fourth-order valence-electron chi connectivity index (χ4n) is 4.94. The number of nitrogens with zero attached hydrogens (tertiary/aromatic N) is 2. The molecule has 0 saturated carbocycles. The van der Waals surface area contributed by atoms with Gasteiger partial charge in [-0.05, 0) is 12.8 Å². The quantitative estimate of drug-likeness (QED) is 0.0947. The lowest BCUT2D eigenvalue weighted by Crippen LogP contribution is -2.45. The Morgan fingerprint density at radius 3 is 2.32 bits per heavy atom. The molecule has 6 nitrogen and oxygen atoms in total. The average Bonchev–Trinajstić information content (AvgIpc) is 3.29. The number of halogens is 2. The van der Waals surface area contributed by atoms with Crippen LogP contribution < -0.4 is 0 Å². The summed E-state index contributed by atoms with van der Waals surface area (Å²) in [5.74, 6) is -1.07. The van der Waals surface area contributed by atoms with E-state index in [0.717, 1.165) is 12.8 Å². The van der Waals surface area contributed by atoms with Crippen LogP contribution in [-0.2, 0) is 19.1 Å². The first-order valence-electron chi connectivity index (χ1n) is 13.2. The first-order valence-corrected chi connectivity index (χ1v) is 14.0. The molecule has 0 spiro atoms. The molecule has 2 heterocycles. The van der Waals surface area contributed by atoms with Gasteiger partial charge in [-0.2, -0.15) is 0 Å². The van der Waals surface area contributed by atoms with Crippen LogP contribution in [-0.4, -0.2) is 53.9 Å². The van der Waals surface area contributed by atoms with Crippen molar-refractivity contribution in [1.29, 1.82) is 0 Å². The molecule has 0 bridgehead atoms. The van der Waals surface area contributed by atoms with E-state index in [1.807, 2.05) is 14.0 Å². The number of carbonyl (C=O) groups excluding carboxylic acids is 2. The minimum Gasteiger partial charge on any atom is -0.465 e. The van der Waals surface area contributed by atoms with Gasteiger partial charge < -0.3 is 14.4 Å². The number of hydrogen-bond acceptors (Lipinski definition) is 6. The maximum absolute atomic E-state index is 12.4. The van der Waals surface area contributed by atoms with Crippen molar-refractivity contribution in [1.82, 2.24) is 4.90 Å². The van der Waals surface area contributed by atoms with Gasteiger partial charge in [0.1, 0.15) is 0 Å².